The first kappa shape index (κ1) is 38.1. The normalized spacial score (nSPS) is 13.2. The van der Waals surface area contributed by atoms with Crippen molar-refractivity contribution < 1.29 is 15.0 Å². The molecule has 0 saturated carbocycles. The monoisotopic (exact) mass is 552 g/mol. The van der Waals surface area contributed by atoms with Gasteiger partial charge in [-0.3, -0.25) is 4.79 Å². The second-order valence-electron chi connectivity index (χ2n) is 11.9. The molecule has 0 bridgehead atoms. The lowest BCUT2D eigenvalue weighted by Crippen LogP contribution is -2.45. The molecule has 0 saturated heterocycles. The summed E-state index contributed by atoms with van der Waals surface area (Å²) in [4.78, 5) is 12.2. The number of rotatable bonds is 31. The molecular formula is C35H69NO3. The van der Waals surface area contributed by atoms with Gasteiger partial charge in [-0.1, -0.05) is 174 Å². The molecule has 0 aromatic heterocycles. The molecule has 4 nitrogen and oxygen atoms in total. The van der Waals surface area contributed by atoms with Gasteiger partial charge in [0.15, 0.2) is 0 Å². The van der Waals surface area contributed by atoms with E-state index in [-0.39, 0.29) is 12.5 Å². The Morgan fingerprint density at radius 1 is 0.590 bits per heavy atom. The summed E-state index contributed by atoms with van der Waals surface area (Å²) in [5, 5.41) is 22.8. The van der Waals surface area contributed by atoms with Crippen molar-refractivity contribution in [1.82, 2.24) is 5.32 Å². The molecule has 0 aromatic carbocycles. The fourth-order valence-corrected chi connectivity index (χ4v) is 5.29. The van der Waals surface area contributed by atoms with Crippen LogP contribution in [0.3, 0.4) is 0 Å². The molecule has 0 aliphatic heterocycles. The van der Waals surface area contributed by atoms with E-state index in [0.717, 1.165) is 25.7 Å². The number of carbonyl (C=O) groups is 1. The molecule has 0 spiro atoms. The van der Waals surface area contributed by atoms with E-state index in [2.05, 4.69) is 19.2 Å². The highest BCUT2D eigenvalue weighted by Crippen LogP contribution is 2.14. The van der Waals surface area contributed by atoms with Crippen molar-refractivity contribution in [1.29, 1.82) is 0 Å². The van der Waals surface area contributed by atoms with Crippen molar-refractivity contribution in [2.24, 2.45) is 0 Å². The van der Waals surface area contributed by atoms with E-state index in [1.807, 2.05) is 6.08 Å². The lowest BCUT2D eigenvalue weighted by molar-refractivity contribution is -0.123. The molecule has 0 fully saturated rings. The molecule has 0 aliphatic rings. The van der Waals surface area contributed by atoms with E-state index in [1.165, 1.54) is 141 Å². The summed E-state index contributed by atoms with van der Waals surface area (Å²) in [6, 6.07) is -0.613. The Hall–Kier alpha value is -0.870. The molecule has 39 heavy (non-hydrogen) atoms. The minimum absolute atomic E-state index is 0.0662. The first-order valence-electron chi connectivity index (χ1n) is 17.4. The average Bonchev–Trinajstić information content (AvgIpc) is 2.94. The Kier molecular flexibility index (Phi) is 30.9. The number of carbonyl (C=O) groups excluding carboxylic acids is 1. The van der Waals surface area contributed by atoms with Crippen molar-refractivity contribution in [3.05, 3.63) is 12.2 Å². The Morgan fingerprint density at radius 2 is 0.949 bits per heavy atom. The van der Waals surface area contributed by atoms with E-state index in [0.29, 0.717) is 6.42 Å². The van der Waals surface area contributed by atoms with Gasteiger partial charge in [-0.2, -0.15) is 0 Å². The maximum absolute atomic E-state index is 12.2. The summed E-state index contributed by atoms with van der Waals surface area (Å²) in [5.74, 6) is -0.0662. The number of amides is 1. The van der Waals surface area contributed by atoms with Crippen LogP contribution in [-0.2, 0) is 4.79 Å². The molecule has 232 valence electrons. The molecule has 0 aliphatic carbocycles. The van der Waals surface area contributed by atoms with Crippen LogP contribution in [0.4, 0.5) is 0 Å². The molecule has 0 unspecified atom stereocenters. The number of nitrogens with one attached hydrogen (secondary N) is 1. The van der Waals surface area contributed by atoms with Gasteiger partial charge in [0.25, 0.3) is 0 Å². The zero-order valence-corrected chi connectivity index (χ0v) is 26.4. The Morgan fingerprint density at radius 3 is 1.33 bits per heavy atom. The number of aliphatic hydroxyl groups is 2. The minimum Gasteiger partial charge on any atom is -0.394 e. The van der Waals surface area contributed by atoms with Crippen LogP contribution >= 0.6 is 0 Å². The van der Waals surface area contributed by atoms with Gasteiger partial charge < -0.3 is 15.5 Å². The van der Waals surface area contributed by atoms with Crippen LogP contribution in [0.2, 0.25) is 0 Å². The van der Waals surface area contributed by atoms with Crippen LogP contribution in [0, 0.1) is 0 Å². The highest BCUT2D eigenvalue weighted by atomic mass is 16.3. The van der Waals surface area contributed by atoms with Crippen LogP contribution in [0.5, 0.6) is 0 Å². The maximum atomic E-state index is 12.2. The number of allylic oxidation sites excluding steroid dienone is 1. The zero-order chi connectivity index (χ0) is 28.7. The molecule has 4 heteroatoms. The van der Waals surface area contributed by atoms with E-state index in [4.69, 9.17) is 0 Å². The summed E-state index contributed by atoms with van der Waals surface area (Å²) in [5.41, 5.74) is 0. The summed E-state index contributed by atoms with van der Waals surface area (Å²) in [6.45, 7) is 4.29. The predicted molar refractivity (Wildman–Crippen MR) is 170 cm³/mol. The molecule has 0 heterocycles. The summed E-state index contributed by atoms with van der Waals surface area (Å²) < 4.78 is 0. The minimum atomic E-state index is -0.831. The summed E-state index contributed by atoms with van der Waals surface area (Å²) in [7, 11) is 0. The van der Waals surface area contributed by atoms with E-state index < -0.39 is 12.1 Å². The lowest BCUT2D eigenvalue weighted by Gasteiger charge is -2.20. The third kappa shape index (κ3) is 28.5. The largest absolute Gasteiger partial charge is 0.394 e. The molecule has 3 N–H and O–H groups in total. The number of aliphatic hydroxyl groups excluding tert-OH is 2. The van der Waals surface area contributed by atoms with Gasteiger partial charge in [0, 0.05) is 6.42 Å². The van der Waals surface area contributed by atoms with Gasteiger partial charge >= 0.3 is 0 Å². The van der Waals surface area contributed by atoms with E-state index in [1.54, 1.807) is 6.08 Å². The maximum Gasteiger partial charge on any atom is 0.220 e. The molecule has 0 radical (unpaired) electrons. The topological polar surface area (TPSA) is 69.6 Å². The fraction of sp³-hybridized carbons (Fsp3) is 0.914. The van der Waals surface area contributed by atoms with Gasteiger partial charge in [0.1, 0.15) is 0 Å². The molecule has 0 aromatic rings. The van der Waals surface area contributed by atoms with Crippen LogP contribution in [0.1, 0.15) is 187 Å². The van der Waals surface area contributed by atoms with Crippen molar-refractivity contribution in [3.8, 4) is 0 Å². The van der Waals surface area contributed by atoms with Crippen molar-refractivity contribution in [3.63, 3.8) is 0 Å². The van der Waals surface area contributed by atoms with Crippen LogP contribution in [0.15, 0.2) is 12.2 Å². The summed E-state index contributed by atoms with van der Waals surface area (Å²) >= 11 is 0. The van der Waals surface area contributed by atoms with Gasteiger partial charge in [-0.05, 0) is 19.3 Å². The van der Waals surface area contributed by atoms with E-state index >= 15 is 0 Å². The first-order valence-corrected chi connectivity index (χ1v) is 17.4. The Bertz CT molecular complexity index is 522. The fourth-order valence-electron chi connectivity index (χ4n) is 5.29. The van der Waals surface area contributed by atoms with Crippen LogP contribution in [0.25, 0.3) is 0 Å². The van der Waals surface area contributed by atoms with E-state index in [9.17, 15) is 15.0 Å². The predicted octanol–water partition coefficient (Wildman–Crippen LogP) is 9.95. The highest BCUT2D eigenvalue weighted by molar-refractivity contribution is 5.76. The van der Waals surface area contributed by atoms with Crippen molar-refractivity contribution in [2.75, 3.05) is 6.61 Å². The standard InChI is InChI=1S/C35H69NO3/c1-3-5-7-9-11-13-15-16-17-18-19-20-21-22-24-26-28-30-34(38)33(32-37)36-35(39)31-29-27-25-23-14-12-10-8-6-4-2/h28,30,33-34,37-38H,3-27,29,31-32H2,1-2H3,(H,36,39)/b30-28+/t33-,34+/m0/s1. The number of hydrogen-bond donors (Lipinski definition) is 3. The summed E-state index contributed by atoms with van der Waals surface area (Å²) in [6.07, 6.45) is 37.2. The second-order valence-corrected chi connectivity index (χ2v) is 11.9. The third-order valence-corrected chi connectivity index (χ3v) is 8.02. The third-order valence-electron chi connectivity index (χ3n) is 8.02. The van der Waals surface area contributed by atoms with Gasteiger partial charge in [0.05, 0.1) is 18.8 Å². The van der Waals surface area contributed by atoms with Gasteiger partial charge in [-0.15, -0.1) is 0 Å². The van der Waals surface area contributed by atoms with Crippen LogP contribution < -0.4 is 5.32 Å². The molecule has 2 atom stereocenters. The quantitative estimate of drug-likeness (QED) is 0.0593. The van der Waals surface area contributed by atoms with Crippen molar-refractivity contribution >= 4 is 5.91 Å². The smallest absolute Gasteiger partial charge is 0.220 e. The Labute approximate surface area is 244 Å². The molecule has 1 amide bonds. The average molecular weight is 552 g/mol. The van der Waals surface area contributed by atoms with Crippen LogP contribution in [-0.4, -0.2) is 34.9 Å². The first-order chi connectivity index (χ1) is 19.2. The number of hydrogen-bond acceptors (Lipinski definition) is 3. The van der Waals surface area contributed by atoms with Crippen molar-refractivity contribution in [2.45, 2.75) is 199 Å². The molecule has 0 rings (SSSR count). The Balaban J connectivity index is 3.60. The van der Waals surface area contributed by atoms with Gasteiger partial charge in [0.2, 0.25) is 5.91 Å². The number of unbranched alkanes of at least 4 members (excludes halogenated alkanes) is 24. The highest BCUT2D eigenvalue weighted by Gasteiger charge is 2.17. The zero-order valence-electron chi connectivity index (χ0n) is 26.4. The SMILES string of the molecule is CCCCCCCCCCCCCCCCC/C=C/[C@@H](O)[C@H](CO)NC(=O)CCCCCCCCCCCC. The molecular weight excluding hydrogens is 482 g/mol. The second kappa shape index (κ2) is 31.7. The van der Waals surface area contributed by atoms with Gasteiger partial charge in [-0.25, -0.2) is 0 Å². The lowest BCUT2D eigenvalue weighted by atomic mass is 10.0.